The molecule has 13 heteroatoms. The molecule has 3 aromatic heterocycles. The zero-order valence-corrected chi connectivity index (χ0v) is 22.8. The molecule has 4 heterocycles. The molecule has 0 bridgehead atoms. The summed E-state index contributed by atoms with van der Waals surface area (Å²) in [6, 6.07) is 4.01. The van der Waals surface area contributed by atoms with Crippen LogP contribution in [0.25, 0.3) is 22.1 Å². The minimum atomic E-state index is -1.39. The van der Waals surface area contributed by atoms with Crippen molar-refractivity contribution < 1.29 is 34.1 Å². The van der Waals surface area contributed by atoms with E-state index < -0.39 is 41.9 Å². The molecular weight excluding hydrogens is 520 g/mol. The molecule has 0 radical (unpaired) electrons. The van der Waals surface area contributed by atoms with Crippen LogP contribution in [0.1, 0.15) is 58.9 Å². The van der Waals surface area contributed by atoms with Gasteiger partial charge in [0, 0.05) is 37.2 Å². The summed E-state index contributed by atoms with van der Waals surface area (Å²) >= 11 is 0. The van der Waals surface area contributed by atoms with Crippen LogP contribution in [-0.4, -0.2) is 72.8 Å². The maximum Gasteiger partial charge on any atom is 0.420 e. The van der Waals surface area contributed by atoms with Crippen LogP contribution in [0.5, 0.6) is 0 Å². The van der Waals surface area contributed by atoms with Crippen molar-refractivity contribution in [3.63, 3.8) is 0 Å². The van der Waals surface area contributed by atoms with Gasteiger partial charge in [0.25, 0.3) is 0 Å². The molecular formula is C27H32N6O7. The van der Waals surface area contributed by atoms with Gasteiger partial charge in [0.15, 0.2) is 11.5 Å². The number of hydrogen-bond donors (Lipinski definition) is 2. The highest BCUT2D eigenvalue weighted by Gasteiger charge is 2.29. The highest BCUT2D eigenvalue weighted by molar-refractivity contribution is 6.04. The molecule has 1 saturated heterocycles. The molecule has 0 aliphatic carbocycles. The standard InChI is InChI=1S/C27H32N6O7/c1-16(39-15-18(25(36)37)13-21(34)35)23-30-20-14-29-24-19(8-12-32(24)26(38)40-27(2,3)4)22(20)33(23)31-10-6-17(5-9-28)7-11-31/h8,12-14,16-17H,5-7,10-11,15H2,1-4H3,(H,34,35)(H,36,37)/b18-13+/t16-/m1/s1. The average molecular weight is 553 g/mol. The van der Waals surface area contributed by atoms with Crippen molar-refractivity contribution in [1.29, 1.82) is 5.26 Å². The molecule has 0 spiro atoms. The fourth-order valence-electron chi connectivity index (χ4n) is 4.72. The van der Waals surface area contributed by atoms with Crippen LogP contribution in [-0.2, 0) is 19.1 Å². The van der Waals surface area contributed by atoms with Crippen LogP contribution in [0.4, 0.5) is 4.79 Å². The van der Waals surface area contributed by atoms with Gasteiger partial charge in [-0.3, -0.25) is 0 Å². The maximum absolute atomic E-state index is 12.9. The number of hydrogen-bond acceptors (Lipinski definition) is 9. The number of carboxylic acid groups (broad SMARTS) is 2. The van der Waals surface area contributed by atoms with E-state index in [-0.39, 0.29) is 5.92 Å². The molecule has 0 saturated carbocycles. The smallest absolute Gasteiger partial charge is 0.420 e. The first-order valence-corrected chi connectivity index (χ1v) is 12.9. The van der Waals surface area contributed by atoms with Gasteiger partial charge in [0.2, 0.25) is 0 Å². The minimum Gasteiger partial charge on any atom is -0.478 e. The Morgan fingerprint density at radius 3 is 2.55 bits per heavy atom. The predicted octanol–water partition coefficient (Wildman–Crippen LogP) is 3.60. The van der Waals surface area contributed by atoms with Gasteiger partial charge < -0.3 is 24.7 Å². The number of piperidine rings is 1. The summed E-state index contributed by atoms with van der Waals surface area (Å²) in [6.07, 6.45) is 4.51. The number of imidazole rings is 1. The molecule has 2 N–H and O–H groups in total. The Morgan fingerprint density at radius 1 is 1.25 bits per heavy atom. The van der Waals surface area contributed by atoms with Crippen LogP contribution < -0.4 is 5.01 Å². The first-order valence-electron chi connectivity index (χ1n) is 12.9. The Labute approximate surface area is 230 Å². The first-order chi connectivity index (χ1) is 18.9. The number of pyridine rings is 1. The van der Waals surface area contributed by atoms with Crippen molar-refractivity contribution >= 4 is 40.1 Å². The summed E-state index contributed by atoms with van der Waals surface area (Å²) in [5.74, 6) is -2.03. The third-order valence-electron chi connectivity index (χ3n) is 6.60. The van der Waals surface area contributed by atoms with Crippen molar-refractivity contribution in [2.24, 2.45) is 5.92 Å². The maximum atomic E-state index is 12.9. The highest BCUT2D eigenvalue weighted by Crippen LogP contribution is 2.31. The summed E-state index contributed by atoms with van der Waals surface area (Å²) in [4.78, 5) is 44.7. The minimum absolute atomic E-state index is 0.280. The summed E-state index contributed by atoms with van der Waals surface area (Å²) in [7, 11) is 0. The number of aromatic nitrogens is 4. The number of nitrogens with zero attached hydrogens (tertiary/aromatic N) is 6. The van der Waals surface area contributed by atoms with E-state index >= 15 is 0 Å². The van der Waals surface area contributed by atoms with Gasteiger partial charge in [-0.25, -0.2) is 33.6 Å². The van der Waals surface area contributed by atoms with Crippen LogP contribution in [0.15, 0.2) is 30.1 Å². The van der Waals surface area contributed by atoms with Gasteiger partial charge in [-0.05, 0) is 52.5 Å². The zero-order chi connectivity index (χ0) is 29.2. The van der Waals surface area contributed by atoms with E-state index in [1.807, 2.05) is 4.68 Å². The number of nitriles is 1. The SMILES string of the molecule is C[C@@H](OC/C(=C\C(=O)O)C(=O)O)c1nc2cnc3c(ccn3C(=O)OC(C)(C)C)c2n1N1CCC(CC#N)CC1. The summed E-state index contributed by atoms with van der Waals surface area (Å²) in [6.45, 7) is 7.86. The molecule has 1 atom stereocenters. The Hall–Kier alpha value is -4.44. The fourth-order valence-corrected chi connectivity index (χ4v) is 4.72. The lowest BCUT2D eigenvalue weighted by molar-refractivity contribution is -0.135. The molecule has 1 aliphatic rings. The zero-order valence-electron chi connectivity index (χ0n) is 22.8. The molecule has 212 valence electrons. The Bertz CT molecular complexity index is 1520. The number of fused-ring (bicyclic) bond motifs is 3. The predicted molar refractivity (Wildman–Crippen MR) is 143 cm³/mol. The van der Waals surface area contributed by atoms with Gasteiger partial charge in [-0.15, -0.1) is 0 Å². The van der Waals surface area contributed by atoms with Crippen molar-refractivity contribution in [2.45, 2.75) is 58.7 Å². The number of aliphatic carboxylic acids is 2. The summed E-state index contributed by atoms with van der Waals surface area (Å²) in [5, 5.41) is 30.3. The second-order valence-electron chi connectivity index (χ2n) is 10.7. The van der Waals surface area contributed by atoms with Gasteiger partial charge >= 0.3 is 18.0 Å². The molecule has 1 aliphatic heterocycles. The second-order valence-corrected chi connectivity index (χ2v) is 10.7. The third-order valence-corrected chi connectivity index (χ3v) is 6.60. The van der Waals surface area contributed by atoms with Crippen molar-refractivity contribution in [3.8, 4) is 6.07 Å². The quantitative estimate of drug-likeness (QED) is 0.391. The van der Waals surface area contributed by atoms with Gasteiger partial charge in [-0.2, -0.15) is 5.26 Å². The summed E-state index contributed by atoms with van der Waals surface area (Å²) in [5.41, 5.74) is 0.518. The molecule has 4 rings (SSSR count). The Kier molecular flexibility index (Phi) is 8.11. The van der Waals surface area contributed by atoms with Crippen molar-refractivity contribution in [1.82, 2.24) is 19.2 Å². The van der Waals surface area contributed by atoms with E-state index in [0.29, 0.717) is 53.5 Å². The Balaban J connectivity index is 1.78. The van der Waals surface area contributed by atoms with Crippen molar-refractivity contribution in [3.05, 3.63) is 35.9 Å². The van der Waals surface area contributed by atoms with E-state index in [2.05, 4.69) is 16.1 Å². The monoisotopic (exact) mass is 552 g/mol. The molecule has 0 unspecified atom stereocenters. The summed E-state index contributed by atoms with van der Waals surface area (Å²) < 4.78 is 14.6. The van der Waals surface area contributed by atoms with Gasteiger partial charge in [0.05, 0.1) is 24.4 Å². The molecule has 13 nitrogen and oxygen atoms in total. The third kappa shape index (κ3) is 6.07. The number of carbonyl (C=O) groups is 3. The molecule has 1 fully saturated rings. The lowest BCUT2D eigenvalue weighted by Crippen LogP contribution is -2.43. The Morgan fingerprint density at radius 2 is 1.95 bits per heavy atom. The number of ether oxygens (including phenoxy) is 2. The molecule has 3 aromatic rings. The van der Waals surface area contributed by atoms with E-state index in [1.165, 1.54) is 4.57 Å². The topological polar surface area (TPSA) is 173 Å². The number of carbonyl (C=O) groups excluding carboxylic acids is 1. The van der Waals surface area contributed by atoms with E-state index in [9.17, 15) is 19.5 Å². The van der Waals surface area contributed by atoms with Crippen LogP contribution in [0, 0.1) is 17.2 Å². The normalized spacial score (nSPS) is 15.8. The van der Waals surface area contributed by atoms with Crippen LogP contribution in [0.2, 0.25) is 0 Å². The van der Waals surface area contributed by atoms with Gasteiger partial charge in [-0.1, -0.05) is 0 Å². The van der Waals surface area contributed by atoms with Crippen LogP contribution >= 0.6 is 0 Å². The first kappa shape index (κ1) is 28.6. The van der Waals surface area contributed by atoms with Crippen LogP contribution in [0.3, 0.4) is 0 Å². The molecule has 0 amide bonds. The number of carboxylic acids is 2. The van der Waals surface area contributed by atoms with Gasteiger partial charge in [0.1, 0.15) is 22.7 Å². The second kappa shape index (κ2) is 11.4. The fraction of sp³-hybridized carbons (Fsp3) is 0.481. The largest absolute Gasteiger partial charge is 0.478 e. The van der Waals surface area contributed by atoms with E-state index in [0.717, 1.165) is 12.8 Å². The lowest BCUT2D eigenvalue weighted by Gasteiger charge is -2.35. The van der Waals surface area contributed by atoms with E-state index in [4.69, 9.17) is 24.8 Å². The molecule has 0 aromatic carbocycles. The van der Waals surface area contributed by atoms with Crippen molar-refractivity contribution in [2.75, 3.05) is 24.7 Å². The number of rotatable bonds is 8. The molecule has 40 heavy (non-hydrogen) atoms. The average Bonchev–Trinajstić information content (AvgIpc) is 3.47. The van der Waals surface area contributed by atoms with E-state index in [1.54, 1.807) is 46.2 Å². The highest BCUT2D eigenvalue weighted by atomic mass is 16.6. The lowest BCUT2D eigenvalue weighted by atomic mass is 9.95.